The maximum absolute atomic E-state index is 10.7. The molecule has 0 unspecified atom stereocenters. The van der Waals surface area contributed by atoms with E-state index in [-0.39, 0.29) is 5.56 Å². The molecule has 2 aromatic rings. The first-order valence-electron chi connectivity index (χ1n) is 4.92. The molecule has 86 valence electrons. The van der Waals surface area contributed by atoms with E-state index in [0.717, 1.165) is 0 Å². The van der Waals surface area contributed by atoms with E-state index in [0.29, 0.717) is 16.5 Å². The summed E-state index contributed by atoms with van der Waals surface area (Å²) in [7, 11) is 0. The maximum Gasteiger partial charge on any atom is 0.335 e. The second-order valence-corrected chi connectivity index (χ2v) is 3.77. The first-order valence-corrected chi connectivity index (χ1v) is 5.30. The third kappa shape index (κ3) is 2.77. The molecular formula is C13H9ClO3. The van der Waals surface area contributed by atoms with Crippen molar-refractivity contribution in [2.24, 2.45) is 0 Å². The van der Waals surface area contributed by atoms with E-state index >= 15 is 0 Å². The number of benzene rings is 2. The summed E-state index contributed by atoms with van der Waals surface area (Å²) in [4.78, 5) is 10.7. The summed E-state index contributed by atoms with van der Waals surface area (Å²) in [6.45, 7) is 0. The Balaban J connectivity index is 2.20. The third-order valence-corrected chi connectivity index (χ3v) is 2.48. The average molecular weight is 249 g/mol. The van der Waals surface area contributed by atoms with Crippen molar-refractivity contribution >= 4 is 17.6 Å². The second-order valence-electron chi connectivity index (χ2n) is 3.36. The number of halogens is 1. The minimum atomic E-state index is -0.964. The fraction of sp³-hybridized carbons (Fsp3) is 0. The Labute approximate surface area is 103 Å². The lowest BCUT2D eigenvalue weighted by Gasteiger charge is -2.07. The van der Waals surface area contributed by atoms with Gasteiger partial charge in [-0.05, 0) is 36.4 Å². The summed E-state index contributed by atoms with van der Waals surface area (Å²) >= 11 is 5.94. The Kier molecular flexibility index (Phi) is 3.30. The van der Waals surface area contributed by atoms with Crippen molar-refractivity contribution < 1.29 is 14.6 Å². The monoisotopic (exact) mass is 248 g/mol. The normalized spacial score (nSPS) is 9.94. The summed E-state index contributed by atoms with van der Waals surface area (Å²) in [5.41, 5.74) is 0.219. The van der Waals surface area contributed by atoms with Gasteiger partial charge in [0.2, 0.25) is 0 Å². The van der Waals surface area contributed by atoms with Crippen LogP contribution < -0.4 is 4.74 Å². The van der Waals surface area contributed by atoms with Crippen molar-refractivity contribution in [3.8, 4) is 11.5 Å². The van der Waals surface area contributed by atoms with Crippen LogP contribution >= 0.6 is 11.6 Å². The van der Waals surface area contributed by atoms with Crippen LogP contribution in [0.3, 0.4) is 0 Å². The summed E-state index contributed by atoms with van der Waals surface area (Å²) < 4.78 is 5.52. The molecule has 0 aromatic heterocycles. The van der Waals surface area contributed by atoms with E-state index in [1.165, 1.54) is 12.1 Å². The van der Waals surface area contributed by atoms with Gasteiger partial charge in [-0.15, -0.1) is 0 Å². The van der Waals surface area contributed by atoms with Gasteiger partial charge < -0.3 is 9.84 Å². The topological polar surface area (TPSA) is 46.5 Å². The van der Waals surface area contributed by atoms with Gasteiger partial charge in [0.15, 0.2) is 0 Å². The maximum atomic E-state index is 10.7. The number of carbonyl (C=O) groups is 1. The SMILES string of the molecule is O=C(O)c1ccc(Oc2ccccc2Cl)cc1. The zero-order valence-corrected chi connectivity index (χ0v) is 9.52. The molecular weight excluding hydrogens is 240 g/mol. The number of para-hydroxylation sites is 1. The van der Waals surface area contributed by atoms with Gasteiger partial charge in [-0.1, -0.05) is 23.7 Å². The molecule has 0 fully saturated rings. The van der Waals surface area contributed by atoms with Crippen LogP contribution in [0.25, 0.3) is 0 Å². The lowest BCUT2D eigenvalue weighted by Crippen LogP contribution is -1.95. The Hall–Kier alpha value is -2.00. The number of aromatic carboxylic acids is 1. The van der Waals surface area contributed by atoms with Crippen molar-refractivity contribution in [2.75, 3.05) is 0 Å². The third-order valence-electron chi connectivity index (χ3n) is 2.17. The summed E-state index contributed by atoms with van der Waals surface area (Å²) in [6, 6.07) is 13.2. The fourth-order valence-electron chi connectivity index (χ4n) is 1.32. The van der Waals surface area contributed by atoms with Gasteiger partial charge in [0, 0.05) is 0 Å². The first-order chi connectivity index (χ1) is 8.16. The number of carboxylic acids is 1. The molecule has 0 aliphatic carbocycles. The molecule has 4 heteroatoms. The van der Waals surface area contributed by atoms with E-state index in [1.54, 1.807) is 24.3 Å². The standard InChI is InChI=1S/C13H9ClO3/c14-11-3-1-2-4-12(11)17-10-7-5-9(6-8-10)13(15)16/h1-8H,(H,15,16). The Morgan fingerprint density at radius 3 is 2.29 bits per heavy atom. The predicted molar refractivity (Wildman–Crippen MR) is 64.9 cm³/mol. The lowest BCUT2D eigenvalue weighted by molar-refractivity contribution is 0.0697. The molecule has 2 aromatic carbocycles. The molecule has 0 bridgehead atoms. The van der Waals surface area contributed by atoms with E-state index in [2.05, 4.69) is 0 Å². The van der Waals surface area contributed by atoms with Crippen LogP contribution in [-0.4, -0.2) is 11.1 Å². The van der Waals surface area contributed by atoms with Crippen LogP contribution in [0.1, 0.15) is 10.4 Å². The quantitative estimate of drug-likeness (QED) is 0.898. The molecule has 17 heavy (non-hydrogen) atoms. The van der Waals surface area contributed by atoms with Crippen LogP contribution in [0.5, 0.6) is 11.5 Å². The van der Waals surface area contributed by atoms with Crippen LogP contribution in [-0.2, 0) is 0 Å². The van der Waals surface area contributed by atoms with Crippen molar-refractivity contribution in [1.82, 2.24) is 0 Å². The van der Waals surface area contributed by atoms with Crippen molar-refractivity contribution in [3.63, 3.8) is 0 Å². The van der Waals surface area contributed by atoms with Crippen LogP contribution in [0.15, 0.2) is 48.5 Å². The van der Waals surface area contributed by atoms with E-state index < -0.39 is 5.97 Å². The molecule has 0 amide bonds. The Bertz CT molecular complexity index is 535. The van der Waals surface area contributed by atoms with Gasteiger partial charge in [0.1, 0.15) is 11.5 Å². The van der Waals surface area contributed by atoms with Crippen molar-refractivity contribution in [3.05, 3.63) is 59.1 Å². The molecule has 0 saturated heterocycles. The minimum Gasteiger partial charge on any atom is -0.478 e. The molecule has 0 radical (unpaired) electrons. The Morgan fingerprint density at radius 1 is 1.06 bits per heavy atom. The number of hydrogen-bond donors (Lipinski definition) is 1. The molecule has 3 nitrogen and oxygen atoms in total. The first kappa shape index (κ1) is 11.5. The van der Waals surface area contributed by atoms with E-state index in [4.69, 9.17) is 21.4 Å². The highest BCUT2D eigenvalue weighted by atomic mass is 35.5. The van der Waals surface area contributed by atoms with Gasteiger partial charge in [0.05, 0.1) is 10.6 Å². The molecule has 2 rings (SSSR count). The van der Waals surface area contributed by atoms with Crippen LogP contribution in [0.4, 0.5) is 0 Å². The largest absolute Gasteiger partial charge is 0.478 e. The number of ether oxygens (including phenoxy) is 1. The molecule has 0 aliphatic heterocycles. The Morgan fingerprint density at radius 2 is 1.71 bits per heavy atom. The summed E-state index contributed by atoms with van der Waals surface area (Å²) in [6.07, 6.45) is 0. The second kappa shape index (κ2) is 4.89. The van der Waals surface area contributed by atoms with Gasteiger partial charge in [-0.25, -0.2) is 4.79 Å². The van der Waals surface area contributed by atoms with Crippen molar-refractivity contribution in [2.45, 2.75) is 0 Å². The zero-order valence-electron chi connectivity index (χ0n) is 8.76. The fourth-order valence-corrected chi connectivity index (χ4v) is 1.49. The summed E-state index contributed by atoms with van der Waals surface area (Å²) in [5.74, 6) is 0.120. The molecule has 0 saturated carbocycles. The number of hydrogen-bond acceptors (Lipinski definition) is 2. The van der Waals surface area contributed by atoms with E-state index in [1.807, 2.05) is 12.1 Å². The number of rotatable bonds is 3. The summed E-state index contributed by atoms with van der Waals surface area (Å²) in [5, 5.41) is 9.26. The predicted octanol–water partition coefficient (Wildman–Crippen LogP) is 3.83. The highest BCUT2D eigenvalue weighted by molar-refractivity contribution is 6.32. The molecule has 1 N–H and O–H groups in total. The van der Waals surface area contributed by atoms with Gasteiger partial charge in [0.25, 0.3) is 0 Å². The minimum absolute atomic E-state index is 0.219. The molecule has 0 spiro atoms. The molecule has 0 heterocycles. The zero-order chi connectivity index (χ0) is 12.3. The smallest absolute Gasteiger partial charge is 0.335 e. The van der Waals surface area contributed by atoms with Gasteiger partial charge in [-0.3, -0.25) is 0 Å². The average Bonchev–Trinajstić information content (AvgIpc) is 2.33. The van der Waals surface area contributed by atoms with Crippen LogP contribution in [0.2, 0.25) is 5.02 Å². The molecule has 0 atom stereocenters. The van der Waals surface area contributed by atoms with Crippen molar-refractivity contribution in [1.29, 1.82) is 0 Å². The van der Waals surface area contributed by atoms with Gasteiger partial charge >= 0.3 is 5.97 Å². The van der Waals surface area contributed by atoms with Gasteiger partial charge in [-0.2, -0.15) is 0 Å². The highest BCUT2D eigenvalue weighted by Gasteiger charge is 2.04. The van der Waals surface area contributed by atoms with E-state index in [9.17, 15) is 4.79 Å². The number of carboxylic acid groups (broad SMARTS) is 1. The highest BCUT2D eigenvalue weighted by Crippen LogP contribution is 2.28. The lowest BCUT2D eigenvalue weighted by atomic mass is 10.2. The molecule has 0 aliphatic rings. The van der Waals surface area contributed by atoms with Crippen LogP contribution in [0, 0.1) is 0 Å².